The first kappa shape index (κ1) is 26.6. The Labute approximate surface area is 172 Å². The van der Waals surface area contributed by atoms with Gasteiger partial charge in [0.05, 0.1) is 6.04 Å². The van der Waals surface area contributed by atoms with E-state index < -0.39 is 35.9 Å². The number of unbranched alkanes of at least 4 members (excludes halogenated alkanes) is 1. The largest absolute Gasteiger partial charge is 0.480 e. The molecule has 0 radical (unpaired) electrons. The molecule has 2 amide bonds. The summed E-state index contributed by atoms with van der Waals surface area (Å²) >= 11 is 0. The fourth-order valence-corrected chi connectivity index (χ4v) is 2.65. The summed E-state index contributed by atoms with van der Waals surface area (Å²) in [5, 5.41) is 14.5. The van der Waals surface area contributed by atoms with Crippen LogP contribution in [0.15, 0.2) is 4.99 Å². The van der Waals surface area contributed by atoms with Crippen molar-refractivity contribution in [1.29, 1.82) is 0 Å². The zero-order valence-electron chi connectivity index (χ0n) is 17.4. The third-order valence-corrected chi connectivity index (χ3v) is 4.21. The monoisotopic (exact) mass is 415 g/mol. The molecule has 0 rings (SSSR count). The molecule has 0 aromatic carbocycles. The summed E-state index contributed by atoms with van der Waals surface area (Å²) in [5.41, 5.74) is 21.8. The first-order valence-electron chi connectivity index (χ1n) is 9.93. The number of rotatable bonds is 15. The van der Waals surface area contributed by atoms with Crippen molar-refractivity contribution in [3.63, 3.8) is 0 Å². The number of guanidine groups is 1. The standard InChI is InChI=1S/C18H37N7O4/c1-11(2)10-14(16(27)24-13(17(28)29)7-3-4-8-19)25-15(26)12(20)6-5-9-23-18(21)22/h11-14H,3-10,19-20H2,1-2H3,(H,24,27)(H,25,26)(H,28,29)(H4,21,22,23). The number of amides is 2. The van der Waals surface area contributed by atoms with Crippen molar-refractivity contribution in [1.82, 2.24) is 10.6 Å². The molecule has 0 aliphatic heterocycles. The van der Waals surface area contributed by atoms with E-state index in [4.69, 9.17) is 22.9 Å². The average Bonchev–Trinajstić information content (AvgIpc) is 2.62. The second-order valence-electron chi connectivity index (χ2n) is 7.43. The predicted molar refractivity (Wildman–Crippen MR) is 112 cm³/mol. The summed E-state index contributed by atoms with van der Waals surface area (Å²) < 4.78 is 0. The number of nitrogens with one attached hydrogen (secondary N) is 2. The summed E-state index contributed by atoms with van der Waals surface area (Å²) in [6.45, 7) is 4.60. The SMILES string of the molecule is CC(C)CC(NC(=O)C(N)CCCN=C(N)N)C(=O)NC(CCCCN)C(=O)O. The molecule has 168 valence electrons. The third kappa shape index (κ3) is 12.6. The normalized spacial score (nSPS) is 14.0. The van der Waals surface area contributed by atoms with Crippen molar-refractivity contribution < 1.29 is 19.5 Å². The number of carbonyl (C=O) groups is 3. The van der Waals surface area contributed by atoms with E-state index in [9.17, 15) is 19.5 Å². The Hall–Kier alpha value is -2.40. The number of aliphatic imine (C=N–C) groups is 1. The van der Waals surface area contributed by atoms with Gasteiger partial charge >= 0.3 is 5.97 Å². The van der Waals surface area contributed by atoms with Crippen molar-refractivity contribution in [3.8, 4) is 0 Å². The number of carboxylic acids is 1. The van der Waals surface area contributed by atoms with Gasteiger partial charge < -0.3 is 38.7 Å². The lowest BCUT2D eigenvalue weighted by Gasteiger charge is -2.24. The summed E-state index contributed by atoms with van der Waals surface area (Å²) in [7, 11) is 0. The highest BCUT2D eigenvalue weighted by atomic mass is 16.4. The Kier molecular flexibility index (Phi) is 13.4. The first-order chi connectivity index (χ1) is 13.6. The maximum Gasteiger partial charge on any atom is 0.326 e. The molecule has 0 saturated carbocycles. The molecule has 11 nitrogen and oxygen atoms in total. The second kappa shape index (κ2) is 14.6. The van der Waals surface area contributed by atoms with Gasteiger partial charge in [-0.05, 0) is 51.0 Å². The quantitative estimate of drug-likeness (QED) is 0.0956. The lowest BCUT2D eigenvalue weighted by molar-refractivity contribution is -0.142. The van der Waals surface area contributed by atoms with E-state index in [1.807, 2.05) is 13.8 Å². The molecule has 0 fully saturated rings. The summed E-state index contributed by atoms with van der Waals surface area (Å²) in [6, 6.07) is -2.73. The van der Waals surface area contributed by atoms with Gasteiger partial charge in [-0.15, -0.1) is 0 Å². The Morgan fingerprint density at radius 2 is 1.59 bits per heavy atom. The van der Waals surface area contributed by atoms with Gasteiger partial charge in [0.1, 0.15) is 12.1 Å². The highest BCUT2D eigenvalue weighted by molar-refractivity contribution is 5.91. The third-order valence-electron chi connectivity index (χ3n) is 4.21. The van der Waals surface area contributed by atoms with Crippen LogP contribution < -0.4 is 33.6 Å². The lowest BCUT2D eigenvalue weighted by Crippen LogP contribution is -2.54. The van der Waals surface area contributed by atoms with E-state index in [-0.39, 0.29) is 18.3 Å². The Morgan fingerprint density at radius 1 is 0.966 bits per heavy atom. The highest BCUT2D eigenvalue weighted by Gasteiger charge is 2.28. The molecular formula is C18H37N7O4. The molecule has 3 atom stereocenters. The van der Waals surface area contributed by atoms with Crippen LogP contribution in [0, 0.1) is 5.92 Å². The maximum atomic E-state index is 12.6. The minimum Gasteiger partial charge on any atom is -0.480 e. The number of hydrogen-bond donors (Lipinski definition) is 7. The van der Waals surface area contributed by atoms with Gasteiger partial charge in [-0.1, -0.05) is 13.8 Å². The highest BCUT2D eigenvalue weighted by Crippen LogP contribution is 2.08. The van der Waals surface area contributed by atoms with Gasteiger partial charge in [-0.2, -0.15) is 0 Å². The van der Waals surface area contributed by atoms with Crippen LogP contribution in [-0.4, -0.2) is 60.1 Å². The molecule has 11 N–H and O–H groups in total. The van der Waals surface area contributed by atoms with Gasteiger partial charge in [0.25, 0.3) is 0 Å². The molecule has 11 heteroatoms. The summed E-state index contributed by atoms with van der Waals surface area (Å²) in [6.07, 6.45) is 2.72. The molecule has 0 aliphatic carbocycles. The molecule has 0 spiro atoms. The molecule has 0 bridgehead atoms. The van der Waals surface area contributed by atoms with Gasteiger partial charge in [0.2, 0.25) is 11.8 Å². The Morgan fingerprint density at radius 3 is 2.10 bits per heavy atom. The van der Waals surface area contributed by atoms with Crippen molar-refractivity contribution in [2.45, 2.75) is 70.5 Å². The van der Waals surface area contributed by atoms with Crippen LogP contribution in [0.3, 0.4) is 0 Å². The Balaban J connectivity index is 4.86. The number of nitrogens with two attached hydrogens (primary N) is 4. The van der Waals surface area contributed by atoms with Gasteiger partial charge in [0, 0.05) is 6.54 Å². The van der Waals surface area contributed by atoms with E-state index in [0.717, 1.165) is 0 Å². The van der Waals surface area contributed by atoms with Gasteiger partial charge in [0.15, 0.2) is 5.96 Å². The molecular weight excluding hydrogens is 378 g/mol. The van der Waals surface area contributed by atoms with Crippen LogP contribution in [0.4, 0.5) is 0 Å². The minimum absolute atomic E-state index is 0.0314. The van der Waals surface area contributed by atoms with Gasteiger partial charge in [-0.25, -0.2) is 4.79 Å². The van der Waals surface area contributed by atoms with Crippen molar-refractivity contribution in [3.05, 3.63) is 0 Å². The molecule has 0 aromatic rings. The van der Waals surface area contributed by atoms with E-state index in [0.29, 0.717) is 45.2 Å². The minimum atomic E-state index is -1.12. The van der Waals surface area contributed by atoms with Crippen LogP contribution >= 0.6 is 0 Å². The maximum absolute atomic E-state index is 12.6. The van der Waals surface area contributed by atoms with Crippen LogP contribution in [-0.2, 0) is 14.4 Å². The number of carboxylic acid groups (broad SMARTS) is 1. The molecule has 0 aliphatic rings. The van der Waals surface area contributed by atoms with Crippen molar-refractivity contribution in [2.24, 2.45) is 33.8 Å². The predicted octanol–water partition coefficient (Wildman–Crippen LogP) is -1.40. The smallest absolute Gasteiger partial charge is 0.326 e. The van der Waals surface area contributed by atoms with E-state index in [2.05, 4.69) is 15.6 Å². The van der Waals surface area contributed by atoms with Crippen molar-refractivity contribution >= 4 is 23.7 Å². The van der Waals surface area contributed by atoms with Crippen LogP contribution in [0.2, 0.25) is 0 Å². The topological polar surface area (TPSA) is 212 Å². The lowest BCUT2D eigenvalue weighted by atomic mass is 10.0. The number of hydrogen-bond acceptors (Lipinski definition) is 6. The summed E-state index contributed by atoms with van der Waals surface area (Å²) in [5.74, 6) is -2.08. The first-order valence-corrected chi connectivity index (χ1v) is 9.93. The van der Waals surface area contributed by atoms with Crippen LogP contribution in [0.5, 0.6) is 0 Å². The summed E-state index contributed by atoms with van der Waals surface area (Å²) in [4.78, 5) is 40.2. The zero-order valence-corrected chi connectivity index (χ0v) is 17.4. The van der Waals surface area contributed by atoms with Crippen LogP contribution in [0.25, 0.3) is 0 Å². The fourth-order valence-electron chi connectivity index (χ4n) is 2.65. The number of aliphatic carboxylic acids is 1. The number of nitrogens with zero attached hydrogens (tertiary/aromatic N) is 1. The van der Waals surface area contributed by atoms with E-state index in [1.165, 1.54) is 0 Å². The van der Waals surface area contributed by atoms with Crippen LogP contribution in [0.1, 0.15) is 52.4 Å². The van der Waals surface area contributed by atoms with E-state index >= 15 is 0 Å². The fraction of sp³-hybridized carbons (Fsp3) is 0.778. The second-order valence-corrected chi connectivity index (χ2v) is 7.43. The molecule has 0 heterocycles. The molecule has 0 aromatic heterocycles. The van der Waals surface area contributed by atoms with E-state index in [1.54, 1.807) is 0 Å². The average molecular weight is 416 g/mol. The molecule has 0 saturated heterocycles. The zero-order chi connectivity index (χ0) is 22.4. The molecule has 29 heavy (non-hydrogen) atoms. The van der Waals surface area contributed by atoms with Crippen molar-refractivity contribution in [2.75, 3.05) is 13.1 Å². The molecule has 3 unspecified atom stereocenters. The van der Waals surface area contributed by atoms with Gasteiger partial charge in [-0.3, -0.25) is 14.6 Å². The Bertz CT molecular complexity index is 550. The number of carbonyl (C=O) groups excluding carboxylic acids is 2.